The van der Waals surface area contributed by atoms with Crippen LogP contribution in [0.1, 0.15) is 29.2 Å². The zero-order chi connectivity index (χ0) is 26.4. The minimum atomic E-state index is -0.545. The quantitative estimate of drug-likeness (QED) is 0.382. The van der Waals surface area contributed by atoms with Crippen molar-refractivity contribution < 1.29 is 4.79 Å². The molecule has 7 nitrogen and oxygen atoms in total. The number of aryl methyl sites for hydroxylation is 5. The van der Waals surface area contributed by atoms with Gasteiger partial charge in [0.25, 0.3) is 5.56 Å². The molecule has 188 valence electrons. The molecule has 0 atom stereocenters. The van der Waals surface area contributed by atoms with Crippen LogP contribution in [0.4, 0.5) is 5.69 Å². The lowest BCUT2D eigenvalue weighted by Gasteiger charge is -2.16. The molecule has 0 saturated heterocycles. The van der Waals surface area contributed by atoms with E-state index in [1.165, 1.54) is 9.13 Å². The number of anilines is 1. The number of rotatable bonds is 5. The molecule has 2 aromatic heterocycles. The normalized spacial score (nSPS) is 11.4. The Kier molecular flexibility index (Phi) is 6.07. The molecule has 0 unspecified atom stereocenters. The summed E-state index contributed by atoms with van der Waals surface area (Å²) in [7, 11) is 1.82. The van der Waals surface area contributed by atoms with Crippen LogP contribution in [0, 0.1) is 20.8 Å². The summed E-state index contributed by atoms with van der Waals surface area (Å²) >= 11 is 0. The number of para-hydroxylation sites is 2. The van der Waals surface area contributed by atoms with Crippen LogP contribution in [-0.4, -0.2) is 19.6 Å². The largest absolute Gasteiger partial charge is 0.338 e. The van der Waals surface area contributed by atoms with Gasteiger partial charge in [-0.1, -0.05) is 55.0 Å². The summed E-state index contributed by atoms with van der Waals surface area (Å²) in [5.41, 5.74) is 5.75. The summed E-state index contributed by atoms with van der Waals surface area (Å²) in [4.78, 5) is 41.3. The Labute approximate surface area is 214 Å². The zero-order valence-electron chi connectivity index (χ0n) is 21.8. The lowest BCUT2D eigenvalue weighted by Crippen LogP contribution is -2.41. The van der Waals surface area contributed by atoms with Crippen molar-refractivity contribution in [3.8, 4) is 5.69 Å². The lowest BCUT2D eigenvalue weighted by atomic mass is 10.1. The van der Waals surface area contributed by atoms with E-state index in [1.807, 2.05) is 87.8 Å². The molecule has 0 aliphatic heterocycles. The molecule has 0 saturated carbocycles. The van der Waals surface area contributed by atoms with Crippen LogP contribution in [0.15, 0.2) is 70.3 Å². The van der Waals surface area contributed by atoms with Crippen molar-refractivity contribution in [1.29, 1.82) is 0 Å². The fourth-order valence-corrected chi connectivity index (χ4v) is 5.16. The van der Waals surface area contributed by atoms with Crippen LogP contribution in [0.3, 0.4) is 0 Å². The van der Waals surface area contributed by atoms with Gasteiger partial charge < -0.3 is 9.88 Å². The molecule has 3 aromatic carbocycles. The third-order valence-electron chi connectivity index (χ3n) is 7.09. The van der Waals surface area contributed by atoms with Gasteiger partial charge in [0, 0.05) is 18.1 Å². The molecule has 0 aliphatic carbocycles. The van der Waals surface area contributed by atoms with Crippen LogP contribution in [-0.2, 0) is 24.8 Å². The summed E-state index contributed by atoms with van der Waals surface area (Å²) in [5, 5.41) is 3.79. The SMILES string of the molecule is CCc1cccc(C)c1NC(=O)Cn1c(=O)n(-c2ccccc2C)c(=O)c2c1c1cc(C)ccc1n2C. The third kappa shape index (κ3) is 3.96. The number of aromatic nitrogens is 3. The van der Waals surface area contributed by atoms with Gasteiger partial charge in [-0.3, -0.25) is 14.2 Å². The number of carbonyl (C=O) groups excluding carboxylic acids is 1. The topological polar surface area (TPSA) is 78.0 Å². The molecule has 0 aliphatic rings. The first kappa shape index (κ1) is 24.3. The number of nitrogens with one attached hydrogen (secondary N) is 1. The number of hydrogen-bond donors (Lipinski definition) is 1. The molecule has 0 spiro atoms. The molecule has 1 N–H and O–H groups in total. The average molecular weight is 495 g/mol. The maximum Gasteiger partial charge on any atom is 0.336 e. The minimum absolute atomic E-state index is 0.230. The van der Waals surface area contributed by atoms with E-state index in [1.54, 1.807) is 12.1 Å². The predicted molar refractivity (Wildman–Crippen MR) is 149 cm³/mol. The predicted octanol–water partition coefficient (Wildman–Crippen LogP) is 4.77. The molecule has 1 amide bonds. The second kappa shape index (κ2) is 9.24. The van der Waals surface area contributed by atoms with E-state index < -0.39 is 11.2 Å². The third-order valence-corrected chi connectivity index (χ3v) is 7.09. The second-order valence-corrected chi connectivity index (χ2v) is 9.58. The van der Waals surface area contributed by atoms with Gasteiger partial charge >= 0.3 is 5.69 Å². The minimum Gasteiger partial charge on any atom is -0.338 e. The summed E-state index contributed by atoms with van der Waals surface area (Å²) in [5.74, 6) is -0.327. The highest BCUT2D eigenvalue weighted by molar-refractivity contribution is 6.06. The van der Waals surface area contributed by atoms with Gasteiger partial charge in [0.05, 0.1) is 16.7 Å². The first-order chi connectivity index (χ1) is 17.7. The molecule has 5 aromatic rings. The first-order valence-electron chi connectivity index (χ1n) is 12.4. The van der Waals surface area contributed by atoms with E-state index in [2.05, 4.69) is 5.32 Å². The van der Waals surface area contributed by atoms with Crippen molar-refractivity contribution in [3.05, 3.63) is 104 Å². The number of fused-ring (bicyclic) bond motifs is 3. The van der Waals surface area contributed by atoms with E-state index in [9.17, 15) is 14.4 Å². The molecule has 0 bridgehead atoms. The smallest absolute Gasteiger partial charge is 0.336 e. The van der Waals surface area contributed by atoms with Crippen molar-refractivity contribution in [2.45, 2.75) is 40.7 Å². The molecule has 0 radical (unpaired) electrons. The Morgan fingerprint density at radius 2 is 1.62 bits per heavy atom. The zero-order valence-corrected chi connectivity index (χ0v) is 21.8. The Balaban J connectivity index is 1.79. The van der Waals surface area contributed by atoms with Crippen LogP contribution in [0.25, 0.3) is 27.6 Å². The highest BCUT2D eigenvalue weighted by Crippen LogP contribution is 2.27. The Morgan fingerprint density at radius 3 is 2.35 bits per heavy atom. The van der Waals surface area contributed by atoms with E-state index in [4.69, 9.17) is 0 Å². The second-order valence-electron chi connectivity index (χ2n) is 9.58. The van der Waals surface area contributed by atoms with Gasteiger partial charge in [-0.25, -0.2) is 9.36 Å². The van der Waals surface area contributed by atoms with E-state index in [-0.39, 0.29) is 12.5 Å². The molecular formula is C30H30N4O3. The Hall–Kier alpha value is -4.39. The highest BCUT2D eigenvalue weighted by atomic mass is 16.2. The summed E-state index contributed by atoms with van der Waals surface area (Å²) < 4.78 is 4.43. The van der Waals surface area contributed by atoms with Gasteiger partial charge in [-0.05, 0) is 62.1 Å². The van der Waals surface area contributed by atoms with Crippen molar-refractivity contribution in [2.24, 2.45) is 7.05 Å². The number of nitrogens with zero attached hydrogens (tertiary/aromatic N) is 3. The maximum atomic E-state index is 14.0. The monoisotopic (exact) mass is 494 g/mol. The van der Waals surface area contributed by atoms with Crippen molar-refractivity contribution >= 4 is 33.5 Å². The van der Waals surface area contributed by atoms with Gasteiger partial charge in [-0.15, -0.1) is 0 Å². The van der Waals surface area contributed by atoms with E-state index >= 15 is 0 Å². The molecule has 7 heteroatoms. The van der Waals surface area contributed by atoms with Crippen molar-refractivity contribution in [2.75, 3.05) is 5.32 Å². The molecular weight excluding hydrogens is 464 g/mol. The summed E-state index contributed by atoms with van der Waals surface area (Å²) in [6.07, 6.45) is 0.766. The van der Waals surface area contributed by atoms with Crippen LogP contribution < -0.4 is 16.6 Å². The maximum absolute atomic E-state index is 14.0. The van der Waals surface area contributed by atoms with Gasteiger partial charge in [0.1, 0.15) is 12.1 Å². The van der Waals surface area contributed by atoms with Crippen LogP contribution in [0.5, 0.6) is 0 Å². The average Bonchev–Trinajstić information content (AvgIpc) is 3.15. The highest BCUT2D eigenvalue weighted by Gasteiger charge is 2.23. The van der Waals surface area contributed by atoms with Gasteiger partial charge in [0.15, 0.2) is 0 Å². The fraction of sp³-hybridized carbons (Fsp3) is 0.233. The van der Waals surface area contributed by atoms with Gasteiger partial charge in [-0.2, -0.15) is 0 Å². The fourth-order valence-electron chi connectivity index (χ4n) is 5.16. The number of carbonyl (C=O) groups is 1. The standard InChI is InChI=1S/C30H30N4O3/c1-6-21-12-9-11-20(4)26(21)31-25(35)17-33-27-22-16-18(2)14-15-24(22)32(5)28(27)29(36)34(30(33)37)23-13-8-7-10-19(23)3/h7-16H,6,17H2,1-5H3,(H,31,35). The van der Waals surface area contributed by atoms with Crippen molar-refractivity contribution in [3.63, 3.8) is 0 Å². The van der Waals surface area contributed by atoms with Crippen LogP contribution in [0.2, 0.25) is 0 Å². The molecule has 2 heterocycles. The number of benzene rings is 3. The summed E-state index contributed by atoms with van der Waals surface area (Å²) in [6, 6.07) is 19.0. The molecule has 5 rings (SSSR count). The lowest BCUT2D eigenvalue weighted by molar-refractivity contribution is -0.116. The Morgan fingerprint density at radius 1 is 0.892 bits per heavy atom. The molecule has 37 heavy (non-hydrogen) atoms. The first-order valence-corrected chi connectivity index (χ1v) is 12.4. The van der Waals surface area contributed by atoms with Crippen molar-refractivity contribution in [1.82, 2.24) is 13.7 Å². The van der Waals surface area contributed by atoms with Crippen LogP contribution >= 0.6 is 0 Å². The molecule has 0 fully saturated rings. The number of amides is 1. The Bertz CT molecular complexity index is 1820. The van der Waals surface area contributed by atoms with Gasteiger partial charge in [0.2, 0.25) is 5.91 Å². The van der Waals surface area contributed by atoms with E-state index in [0.717, 1.165) is 45.3 Å². The van der Waals surface area contributed by atoms with E-state index in [0.29, 0.717) is 16.7 Å². The number of hydrogen-bond acceptors (Lipinski definition) is 3. The summed E-state index contributed by atoms with van der Waals surface area (Å²) in [6.45, 7) is 7.58.